The lowest BCUT2D eigenvalue weighted by atomic mass is 10.0. The maximum atomic E-state index is 12.2. The summed E-state index contributed by atoms with van der Waals surface area (Å²) in [5.41, 5.74) is 2.21. The zero-order valence-corrected chi connectivity index (χ0v) is 17.5. The Morgan fingerprint density at radius 2 is 2.03 bits per heavy atom. The Morgan fingerprint density at radius 3 is 2.70 bits per heavy atom. The summed E-state index contributed by atoms with van der Waals surface area (Å²) >= 11 is 6.30. The molecule has 0 spiro atoms. The minimum Gasteiger partial charge on any atom is -0.354 e. The van der Waals surface area contributed by atoms with Crippen molar-refractivity contribution in [1.82, 2.24) is 25.1 Å². The third-order valence-corrected chi connectivity index (χ3v) is 5.18. The summed E-state index contributed by atoms with van der Waals surface area (Å²) in [5, 5.41) is 2.78. The quantitative estimate of drug-likeness (QED) is 0.595. The van der Waals surface area contributed by atoms with Gasteiger partial charge < -0.3 is 15.1 Å². The molecule has 1 atom stereocenters. The van der Waals surface area contributed by atoms with Crippen LogP contribution in [0.15, 0.2) is 43.1 Å². The fourth-order valence-electron chi connectivity index (χ4n) is 3.47. The number of nitrogens with zero attached hydrogens (tertiary/aromatic N) is 4. The van der Waals surface area contributed by atoms with E-state index in [0.717, 1.165) is 5.56 Å². The summed E-state index contributed by atoms with van der Waals surface area (Å²) in [6.07, 6.45) is 2.79. The molecule has 0 unspecified atom stereocenters. The van der Waals surface area contributed by atoms with Gasteiger partial charge in [0.15, 0.2) is 0 Å². The van der Waals surface area contributed by atoms with Crippen molar-refractivity contribution in [2.24, 2.45) is 0 Å². The summed E-state index contributed by atoms with van der Waals surface area (Å²) in [5.74, 6) is -0.591. The molecular weight excluding hydrogens is 406 g/mol. The van der Waals surface area contributed by atoms with Gasteiger partial charge in [-0.05, 0) is 35.9 Å². The summed E-state index contributed by atoms with van der Waals surface area (Å²) in [6.45, 7) is 6.21. The highest BCUT2D eigenvalue weighted by molar-refractivity contribution is 6.29. The van der Waals surface area contributed by atoms with Crippen LogP contribution in [0.4, 0.5) is 0 Å². The first-order valence-corrected chi connectivity index (χ1v) is 9.76. The number of piperazine rings is 1. The Hall–Kier alpha value is -3.26. The highest BCUT2D eigenvalue weighted by Crippen LogP contribution is 2.30. The second-order valence-corrected chi connectivity index (χ2v) is 7.22. The number of carbonyl (C=O) groups excluding carboxylic acids is 3. The molecule has 1 aliphatic heterocycles. The van der Waals surface area contributed by atoms with Crippen LogP contribution >= 0.6 is 11.6 Å². The normalized spacial score (nSPS) is 16.2. The van der Waals surface area contributed by atoms with Crippen molar-refractivity contribution in [1.29, 1.82) is 0 Å². The number of nitrogens with one attached hydrogen (secondary N) is 1. The standard InChI is InChI=1S/C21H22ClN5O3/c1-4-20(29)26-7-8-27(13(2)28)18(12-26)15-10-16(25-19(22)11-15)14-5-6-24-17(9-14)21(30)23-3/h4-6,9-11,18H,1,7-8,12H2,2-3H3,(H,23,30)/t18-/m0/s1. The molecule has 0 aromatic carbocycles. The van der Waals surface area contributed by atoms with Crippen molar-refractivity contribution in [3.63, 3.8) is 0 Å². The molecule has 2 aromatic rings. The van der Waals surface area contributed by atoms with Crippen molar-refractivity contribution in [2.75, 3.05) is 26.7 Å². The lowest BCUT2D eigenvalue weighted by molar-refractivity contribution is -0.139. The zero-order valence-electron chi connectivity index (χ0n) is 16.8. The van der Waals surface area contributed by atoms with E-state index in [-0.39, 0.29) is 34.6 Å². The summed E-state index contributed by atoms with van der Waals surface area (Å²) in [6, 6.07) is 6.48. The van der Waals surface area contributed by atoms with Crippen LogP contribution in [0.3, 0.4) is 0 Å². The maximum Gasteiger partial charge on any atom is 0.269 e. The van der Waals surface area contributed by atoms with Crippen molar-refractivity contribution in [3.05, 3.63) is 59.5 Å². The van der Waals surface area contributed by atoms with Crippen LogP contribution in [0, 0.1) is 0 Å². The Bertz CT molecular complexity index is 1010. The molecule has 0 radical (unpaired) electrons. The van der Waals surface area contributed by atoms with E-state index in [0.29, 0.717) is 30.9 Å². The molecule has 9 heteroatoms. The van der Waals surface area contributed by atoms with Crippen LogP contribution in [-0.4, -0.2) is 64.2 Å². The van der Waals surface area contributed by atoms with Crippen molar-refractivity contribution >= 4 is 29.3 Å². The van der Waals surface area contributed by atoms with Crippen molar-refractivity contribution in [2.45, 2.75) is 13.0 Å². The molecule has 0 saturated carbocycles. The molecular formula is C21H22ClN5O3. The first-order valence-electron chi connectivity index (χ1n) is 9.38. The van der Waals surface area contributed by atoms with Crippen molar-refractivity contribution < 1.29 is 14.4 Å². The van der Waals surface area contributed by atoms with E-state index in [2.05, 4.69) is 21.9 Å². The van der Waals surface area contributed by atoms with E-state index in [9.17, 15) is 14.4 Å². The highest BCUT2D eigenvalue weighted by Gasteiger charge is 2.32. The van der Waals surface area contributed by atoms with Gasteiger partial charge in [0, 0.05) is 45.4 Å². The van der Waals surface area contributed by atoms with Gasteiger partial charge in [-0.1, -0.05) is 18.2 Å². The molecule has 1 saturated heterocycles. The predicted molar refractivity (Wildman–Crippen MR) is 113 cm³/mol. The third-order valence-electron chi connectivity index (χ3n) is 4.99. The van der Waals surface area contributed by atoms with E-state index in [1.54, 1.807) is 28.0 Å². The predicted octanol–water partition coefficient (Wildman–Crippen LogP) is 2.07. The van der Waals surface area contributed by atoms with Gasteiger partial charge in [-0.15, -0.1) is 0 Å². The zero-order chi connectivity index (χ0) is 21.8. The van der Waals surface area contributed by atoms with Gasteiger partial charge in [-0.2, -0.15) is 0 Å². The number of aromatic nitrogens is 2. The van der Waals surface area contributed by atoms with Gasteiger partial charge in [-0.3, -0.25) is 19.4 Å². The first-order chi connectivity index (χ1) is 14.3. The minimum absolute atomic E-state index is 0.0917. The van der Waals surface area contributed by atoms with Crippen LogP contribution in [0.1, 0.15) is 29.0 Å². The first kappa shape index (κ1) is 21.4. The van der Waals surface area contributed by atoms with E-state index in [1.165, 1.54) is 26.2 Å². The van der Waals surface area contributed by atoms with E-state index in [4.69, 9.17) is 11.6 Å². The van der Waals surface area contributed by atoms with Crippen LogP contribution in [-0.2, 0) is 9.59 Å². The molecule has 156 valence electrons. The smallest absolute Gasteiger partial charge is 0.269 e. The number of halogens is 1. The van der Waals surface area contributed by atoms with E-state index < -0.39 is 0 Å². The molecule has 8 nitrogen and oxygen atoms in total. The Kier molecular flexibility index (Phi) is 6.47. The number of hydrogen-bond acceptors (Lipinski definition) is 5. The number of amides is 3. The summed E-state index contributed by atoms with van der Waals surface area (Å²) in [7, 11) is 1.53. The second kappa shape index (κ2) is 9.04. The number of pyridine rings is 2. The lowest BCUT2D eigenvalue weighted by Crippen LogP contribution is -2.51. The van der Waals surface area contributed by atoms with Crippen LogP contribution in [0.25, 0.3) is 11.3 Å². The molecule has 3 heterocycles. The van der Waals surface area contributed by atoms with Crippen LogP contribution in [0.2, 0.25) is 5.15 Å². The molecule has 3 amide bonds. The van der Waals surface area contributed by atoms with Gasteiger partial charge >= 0.3 is 0 Å². The van der Waals surface area contributed by atoms with Gasteiger partial charge in [0.05, 0.1) is 11.7 Å². The fraction of sp³-hybridized carbons (Fsp3) is 0.286. The number of carbonyl (C=O) groups is 3. The fourth-order valence-corrected chi connectivity index (χ4v) is 3.69. The molecule has 2 aromatic heterocycles. The molecule has 1 fully saturated rings. The van der Waals surface area contributed by atoms with Gasteiger partial charge in [0.1, 0.15) is 10.8 Å². The minimum atomic E-state index is -0.375. The molecule has 0 bridgehead atoms. The average Bonchev–Trinajstić information content (AvgIpc) is 2.77. The maximum absolute atomic E-state index is 12.2. The topological polar surface area (TPSA) is 95.5 Å². The Balaban J connectivity index is 2.02. The molecule has 0 aliphatic carbocycles. The molecule has 3 rings (SSSR count). The van der Waals surface area contributed by atoms with E-state index in [1.807, 2.05) is 6.07 Å². The highest BCUT2D eigenvalue weighted by atomic mass is 35.5. The molecule has 1 aliphatic rings. The Morgan fingerprint density at radius 1 is 1.27 bits per heavy atom. The molecule has 30 heavy (non-hydrogen) atoms. The average molecular weight is 428 g/mol. The summed E-state index contributed by atoms with van der Waals surface area (Å²) in [4.78, 5) is 48.1. The Labute approximate surface area is 179 Å². The van der Waals surface area contributed by atoms with Crippen molar-refractivity contribution in [3.8, 4) is 11.3 Å². The third kappa shape index (κ3) is 4.49. The number of rotatable bonds is 4. The largest absolute Gasteiger partial charge is 0.354 e. The van der Waals surface area contributed by atoms with Gasteiger partial charge in [-0.25, -0.2) is 4.98 Å². The summed E-state index contributed by atoms with van der Waals surface area (Å²) < 4.78 is 0. The van der Waals surface area contributed by atoms with E-state index >= 15 is 0 Å². The SMILES string of the molecule is C=CC(=O)N1CCN(C(C)=O)[C@H](c2cc(Cl)nc(-c3ccnc(C(=O)NC)c3)c2)C1. The molecule has 1 N–H and O–H groups in total. The lowest BCUT2D eigenvalue weighted by Gasteiger charge is -2.41. The van der Waals surface area contributed by atoms with Gasteiger partial charge in [0.2, 0.25) is 11.8 Å². The van der Waals surface area contributed by atoms with Gasteiger partial charge in [0.25, 0.3) is 5.91 Å². The van der Waals surface area contributed by atoms with Crippen LogP contribution < -0.4 is 5.32 Å². The monoisotopic (exact) mass is 427 g/mol. The number of hydrogen-bond donors (Lipinski definition) is 1. The second-order valence-electron chi connectivity index (χ2n) is 6.83. The van der Waals surface area contributed by atoms with Crippen LogP contribution in [0.5, 0.6) is 0 Å².